The molecule has 1 aliphatic heterocycles. The van der Waals surface area contributed by atoms with Crippen molar-refractivity contribution < 1.29 is 23.5 Å². The van der Waals surface area contributed by atoms with Gasteiger partial charge in [-0.25, -0.2) is 14.1 Å². The molecule has 0 spiro atoms. The molecule has 0 aromatic heterocycles. The fourth-order valence-corrected chi connectivity index (χ4v) is 3.45. The number of nitrogens with zero attached hydrogens (tertiary/aromatic N) is 2. The van der Waals surface area contributed by atoms with Crippen molar-refractivity contribution in [3.63, 3.8) is 0 Å². The lowest BCUT2D eigenvalue weighted by Gasteiger charge is -2.23. The molecule has 31 heavy (non-hydrogen) atoms. The molecule has 7 nitrogen and oxygen atoms in total. The standard InChI is InChI=1S/C23H26FN3O4/c1-4-31-19-11-7-17(8-12-19)25-21(28)13-20-22(29)27(18-9-5-16(24)6-10-18)23(30)26(20)14-15(2)3/h5-12,15,20H,4,13-14H2,1-3H3,(H,25,28)/t20-/m0/s1. The number of carbonyl (C=O) groups is 3. The third-order valence-electron chi connectivity index (χ3n) is 4.79. The maximum Gasteiger partial charge on any atom is 0.332 e. The Labute approximate surface area is 180 Å². The number of hydrogen-bond acceptors (Lipinski definition) is 4. The van der Waals surface area contributed by atoms with Crippen LogP contribution < -0.4 is 15.0 Å². The summed E-state index contributed by atoms with van der Waals surface area (Å²) in [5.74, 6) is -0.561. The van der Waals surface area contributed by atoms with Gasteiger partial charge in [0.2, 0.25) is 5.91 Å². The number of hydrogen-bond donors (Lipinski definition) is 1. The molecule has 2 aromatic rings. The van der Waals surface area contributed by atoms with Gasteiger partial charge in [0.05, 0.1) is 18.7 Å². The molecular formula is C23H26FN3O4. The van der Waals surface area contributed by atoms with Crippen molar-refractivity contribution in [2.45, 2.75) is 33.2 Å². The van der Waals surface area contributed by atoms with Crippen molar-refractivity contribution in [1.82, 2.24) is 4.90 Å². The van der Waals surface area contributed by atoms with E-state index in [1.807, 2.05) is 20.8 Å². The summed E-state index contributed by atoms with van der Waals surface area (Å²) < 4.78 is 18.7. The zero-order valence-corrected chi connectivity index (χ0v) is 17.8. The van der Waals surface area contributed by atoms with E-state index in [2.05, 4.69) is 5.32 Å². The van der Waals surface area contributed by atoms with Crippen LogP contribution in [0.15, 0.2) is 48.5 Å². The van der Waals surface area contributed by atoms with Crippen LogP contribution in [0.2, 0.25) is 0 Å². The second-order valence-electron chi connectivity index (χ2n) is 7.70. The monoisotopic (exact) mass is 427 g/mol. The van der Waals surface area contributed by atoms with Crippen LogP contribution >= 0.6 is 0 Å². The van der Waals surface area contributed by atoms with E-state index in [1.54, 1.807) is 24.3 Å². The molecule has 0 saturated carbocycles. The van der Waals surface area contributed by atoms with Crippen LogP contribution in [0.4, 0.5) is 20.6 Å². The van der Waals surface area contributed by atoms with Gasteiger partial charge in [0.25, 0.3) is 5.91 Å². The lowest BCUT2D eigenvalue weighted by molar-refractivity contribution is -0.124. The Balaban J connectivity index is 1.76. The van der Waals surface area contributed by atoms with Crippen LogP contribution in [0.1, 0.15) is 27.2 Å². The topological polar surface area (TPSA) is 79.0 Å². The molecule has 4 amide bonds. The SMILES string of the molecule is CCOc1ccc(NC(=O)C[C@H]2C(=O)N(c3ccc(F)cc3)C(=O)N2CC(C)C)cc1. The van der Waals surface area contributed by atoms with E-state index in [9.17, 15) is 18.8 Å². The Morgan fingerprint density at radius 3 is 2.32 bits per heavy atom. The number of ether oxygens (including phenoxy) is 1. The van der Waals surface area contributed by atoms with E-state index in [1.165, 1.54) is 29.2 Å². The third-order valence-corrected chi connectivity index (χ3v) is 4.79. The van der Waals surface area contributed by atoms with E-state index in [-0.39, 0.29) is 23.9 Å². The van der Waals surface area contributed by atoms with E-state index < -0.39 is 23.8 Å². The number of anilines is 2. The van der Waals surface area contributed by atoms with Crippen LogP contribution in [-0.4, -0.2) is 41.9 Å². The van der Waals surface area contributed by atoms with Gasteiger partial charge in [-0.05, 0) is 61.4 Å². The lowest BCUT2D eigenvalue weighted by Crippen LogP contribution is -2.40. The number of carbonyl (C=O) groups excluding carboxylic acids is 3. The zero-order chi connectivity index (χ0) is 22.5. The van der Waals surface area contributed by atoms with Crippen molar-refractivity contribution in [2.24, 2.45) is 5.92 Å². The molecule has 1 N–H and O–H groups in total. The summed E-state index contributed by atoms with van der Waals surface area (Å²) in [6, 6.07) is 10.6. The first-order chi connectivity index (χ1) is 14.8. The molecule has 0 aliphatic carbocycles. The van der Waals surface area contributed by atoms with Crippen molar-refractivity contribution in [3.05, 3.63) is 54.3 Å². The molecule has 1 fully saturated rings. The minimum atomic E-state index is -0.928. The van der Waals surface area contributed by atoms with Gasteiger partial charge in [0, 0.05) is 12.2 Å². The van der Waals surface area contributed by atoms with Crippen molar-refractivity contribution in [2.75, 3.05) is 23.4 Å². The van der Waals surface area contributed by atoms with Gasteiger partial charge >= 0.3 is 6.03 Å². The smallest absolute Gasteiger partial charge is 0.332 e. The molecule has 1 atom stereocenters. The van der Waals surface area contributed by atoms with Gasteiger partial charge < -0.3 is 15.0 Å². The zero-order valence-electron chi connectivity index (χ0n) is 17.8. The number of benzene rings is 2. The summed E-state index contributed by atoms with van der Waals surface area (Å²) in [7, 11) is 0. The number of urea groups is 1. The summed E-state index contributed by atoms with van der Waals surface area (Å²) >= 11 is 0. The summed E-state index contributed by atoms with van der Waals surface area (Å²) in [6.45, 7) is 6.60. The highest BCUT2D eigenvalue weighted by Crippen LogP contribution is 2.28. The van der Waals surface area contributed by atoms with Crippen LogP contribution in [0, 0.1) is 11.7 Å². The Morgan fingerprint density at radius 2 is 1.74 bits per heavy atom. The second kappa shape index (κ2) is 9.59. The fraction of sp³-hybridized carbons (Fsp3) is 0.348. The average molecular weight is 427 g/mol. The van der Waals surface area contributed by atoms with E-state index in [0.717, 1.165) is 4.90 Å². The predicted molar refractivity (Wildman–Crippen MR) is 115 cm³/mol. The highest BCUT2D eigenvalue weighted by molar-refractivity contribution is 6.22. The van der Waals surface area contributed by atoms with Gasteiger partial charge in [-0.2, -0.15) is 0 Å². The van der Waals surface area contributed by atoms with Gasteiger partial charge in [0.1, 0.15) is 17.6 Å². The third kappa shape index (κ3) is 5.20. The van der Waals surface area contributed by atoms with E-state index in [0.29, 0.717) is 24.6 Å². The van der Waals surface area contributed by atoms with Crippen LogP contribution in [0.3, 0.4) is 0 Å². The normalized spacial score (nSPS) is 16.2. The maximum absolute atomic E-state index is 13.3. The Hall–Kier alpha value is -3.42. The Morgan fingerprint density at radius 1 is 1.10 bits per heavy atom. The number of halogens is 1. The van der Waals surface area contributed by atoms with Crippen LogP contribution in [0.25, 0.3) is 0 Å². The lowest BCUT2D eigenvalue weighted by atomic mass is 10.1. The number of rotatable bonds is 8. The largest absolute Gasteiger partial charge is 0.494 e. The van der Waals surface area contributed by atoms with Gasteiger partial charge in [-0.3, -0.25) is 9.59 Å². The molecule has 1 heterocycles. The van der Waals surface area contributed by atoms with E-state index >= 15 is 0 Å². The summed E-state index contributed by atoms with van der Waals surface area (Å²) in [6.07, 6.45) is -0.178. The molecule has 0 unspecified atom stereocenters. The number of amides is 4. The first-order valence-electron chi connectivity index (χ1n) is 10.2. The summed E-state index contributed by atoms with van der Waals surface area (Å²) in [5, 5.41) is 2.76. The molecule has 164 valence electrons. The molecular weight excluding hydrogens is 401 g/mol. The van der Waals surface area contributed by atoms with Gasteiger partial charge in [-0.1, -0.05) is 13.8 Å². The number of imide groups is 1. The quantitative estimate of drug-likeness (QED) is 0.645. The summed E-state index contributed by atoms with van der Waals surface area (Å²) in [4.78, 5) is 41.1. The van der Waals surface area contributed by atoms with Crippen molar-refractivity contribution in [1.29, 1.82) is 0 Å². The molecule has 3 rings (SSSR count). The molecule has 1 saturated heterocycles. The molecule has 1 aliphatic rings. The van der Waals surface area contributed by atoms with E-state index in [4.69, 9.17) is 4.74 Å². The molecule has 2 aromatic carbocycles. The van der Waals surface area contributed by atoms with Crippen LogP contribution in [-0.2, 0) is 9.59 Å². The van der Waals surface area contributed by atoms with Crippen molar-refractivity contribution >= 4 is 29.2 Å². The molecule has 8 heteroatoms. The Bertz CT molecular complexity index is 944. The summed E-state index contributed by atoms with van der Waals surface area (Å²) in [5.41, 5.74) is 0.843. The molecule has 0 bridgehead atoms. The van der Waals surface area contributed by atoms with Crippen LogP contribution in [0.5, 0.6) is 5.75 Å². The fourth-order valence-electron chi connectivity index (χ4n) is 3.45. The minimum Gasteiger partial charge on any atom is -0.494 e. The molecule has 0 radical (unpaired) electrons. The maximum atomic E-state index is 13.3. The second-order valence-corrected chi connectivity index (χ2v) is 7.70. The number of nitrogens with one attached hydrogen (secondary N) is 1. The van der Waals surface area contributed by atoms with Gasteiger partial charge in [-0.15, -0.1) is 0 Å². The Kier molecular flexibility index (Phi) is 6.89. The predicted octanol–water partition coefficient (Wildman–Crippen LogP) is 4.05. The van der Waals surface area contributed by atoms with Crippen molar-refractivity contribution in [3.8, 4) is 5.75 Å². The highest BCUT2D eigenvalue weighted by Gasteiger charge is 2.46. The first kappa shape index (κ1) is 22.3. The highest BCUT2D eigenvalue weighted by atomic mass is 19.1. The first-order valence-corrected chi connectivity index (χ1v) is 10.2. The average Bonchev–Trinajstić information content (AvgIpc) is 2.94. The minimum absolute atomic E-state index is 0.0987. The van der Waals surface area contributed by atoms with Gasteiger partial charge in [0.15, 0.2) is 0 Å².